The van der Waals surface area contributed by atoms with E-state index >= 15 is 0 Å². The van der Waals surface area contributed by atoms with Crippen LogP contribution in [0.5, 0.6) is 17.2 Å². The molecule has 0 radical (unpaired) electrons. The lowest BCUT2D eigenvalue weighted by Gasteiger charge is -2.31. The summed E-state index contributed by atoms with van der Waals surface area (Å²) in [6, 6.07) is 11.3. The van der Waals surface area contributed by atoms with Crippen LogP contribution in [-0.2, 0) is 0 Å². The van der Waals surface area contributed by atoms with Crippen molar-refractivity contribution in [3.63, 3.8) is 0 Å². The van der Waals surface area contributed by atoms with Gasteiger partial charge in [0.2, 0.25) is 0 Å². The topological polar surface area (TPSA) is 44.8 Å². The Morgan fingerprint density at radius 1 is 0.725 bits per heavy atom. The minimum absolute atomic E-state index is 0.154. The van der Waals surface area contributed by atoms with E-state index in [0.29, 0.717) is 19.0 Å². The Hall–Kier alpha value is -2.56. The number of unbranched alkanes of at least 4 members (excludes halogenated alkanes) is 7. The number of halogens is 1. The van der Waals surface area contributed by atoms with Crippen LogP contribution >= 0.6 is 0 Å². The minimum Gasteiger partial charge on any atom is -0.494 e. The SMILES string of the molecule is CCCCCCCCCCOc1ccc(C(=O)Oc2ccc(OCCCC3CCCCC3CCC)cc2)cc1F. The zero-order valence-corrected chi connectivity index (χ0v) is 24.9. The summed E-state index contributed by atoms with van der Waals surface area (Å²) in [4.78, 5) is 12.6. The molecule has 0 N–H and O–H groups in total. The zero-order valence-electron chi connectivity index (χ0n) is 24.9. The van der Waals surface area contributed by atoms with E-state index in [1.54, 1.807) is 18.2 Å². The normalized spacial score (nSPS) is 17.0. The summed E-state index contributed by atoms with van der Waals surface area (Å²) in [7, 11) is 0. The fraction of sp³-hybridized carbons (Fsp3) is 0.629. The third-order valence-corrected chi connectivity index (χ3v) is 8.17. The molecule has 0 bridgehead atoms. The first-order valence-corrected chi connectivity index (χ1v) is 16.0. The van der Waals surface area contributed by atoms with Gasteiger partial charge in [-0.15, -0.1) is 0 Å². The summed E-state index contributed by atoms with van der Waals surface area (Å²) < 4.78 is 31.5. The van der Waals surface area contributed by atoms with Crippen molar-refractivity contribution in [3.05, 3.63) is 53.8 Å². The van der Waals surface area contributed by atoms with Gasteiger partial charge in [0.15, 0.2) is 11.6 Å². The molecule has 0 saturated heterocycles. The molecular formula is C35H51FO4. The van der Waals surface area contributed by atoms with Crippen LogP contribution in [0.4, 0.5) is 4.39 Å². The molecule has 0 aromatic heterocycles. The first kappa shape index (κ1) is 32.0. The van der Waals surface area contributed by atoms with E-state index in [9.17, 15) is 9.18 Å². The first-order valence-electron chi connectivity index (χ1n) is 16.0. The Morgan fingerprint density at radius 2 is 1.35 bits per heavy atom. The van der Waals surface area contributed by atoms with Crippen LogP contribution in [0.2, 0.25) is 0 Å². The molecule has 0 amide bonds. The fourth-order valence-corrected chi connectivity index (χ4v) is 5.88. The van der Waals surface area contributed by atoms with Crippen LogP contribution in [0.1, 0.15) is 127 Å². The molecule has 2 unspecified atom stereocenters. The van der Waals surface area contributed by atoms with E-state index in [4.69, 9.17) is 14.2 Å². The smallest absolute Gasteiger partial charge is 0.343 e. The van der Waals surface area contributed by atoms with Gasteiger partial charge in [-0.25, -0.2) is 9.18 Å². The molecule has 2 aromatic rings. The van der Waals surface area contributed by atoms with Crippen molar-refractivity contribution in [2.75, 3.05) is 13.2 Å². The maximum atomic E-state index is 14.5. The average molecular weight is 555 g/mol. The van der Waals surface area contributed by atoms with Gasteiger partial charge in [-0.3, -0.25) is 0 Å². The summed E-state index contributed by atoms with van der Waals surface area (Å²) in [6.07, 6.45) is 20.1. The van der Waals surface area contributed by atoms with Crippen molar-refractivity contribution in [3.8, 4) is 17.2 Å². The van der Waals surface area contributed by atoms with E-state index in [-0.39, 0.29) is 11.3 Å². The van der Waals surface area contributed by atoms with Crippen LogP contribution < -0.4 is 14.2 Å². The summed E-state index contributed by atoms with van der Waals surface area (Å²) in [5, 5.41) is 0. The lowest BCUT2D eigenvalue weighted by atomic mass is 9.75. The lowest BCUT2D eigenvalue weighted by molar-refractivity contribution is 0.0734. The molecule has 0 heterocycles. The van der Waals surface area contributed by atoms with Gasteiger partial charge in [0.1, 0.15) is 11.5 Å². The van der Waals surface area contributed by atoms with E-state index < -0.39 is 11.8 Å². The highest BCUT2D eigenvalue weighted by molar-refractivity contribution is 5.91. The lowest BCUT2D eigenvalue weighted by Crippen LogP contribution is -2.20. The average Bonchev–Trinajstić information content (AvgIpc) is 2.97. The highest BCUT2D eigenvalue weighted by atomic mass is 19.1. The fourth-order valence-electron chi connectivity index (χ4n) is 5.88. The van der Waals surface area contributed by atoms with Crippen molar-refractivity contribution >= 4 is 5.97 Å². The molecule has 1 saturated carbocycles. The maximum Gasteiger partial charge on any atom is 0.343 e. The van der Waals surface area contributed by atoms with E-state index in [2.05, 4.69) is 13.8 Å². The molecule has 2 aromatic carbocycles. The van der Waals surface area contributed by atoms with Crippen LogP contribution in [0.15, 0.2) is 42.5 Å². The van der Waals surface area contributed by atoms with Gasteiger partial charge in [0, 0.05) is 0 Å². The van der Waals surface area contributed by atoms with Gasteiger partial charge in [-0.1, -0.05) is 97.3 Å². The number of carbonyl (C=O) groups is 1. The second kappa shape index (κ2) is 18.7. The van der Waals surface area contributed by atoms with Gasteiger partial charge < -0.3 is 14.2 Å². The van der Waals surface area contributed by atoms with Crippen LogP contribution in [0.25, 0.3) is 0 Å². The molecule has 0 spiro atoms. The second-order valence-corrected chi connectivity index (χ2v) is 11.4. The van der Waals surface area contributed by atoms with Crippen LogP contribution in [0, 0.1) is 17.7 Å². The Morgan fingerprint density at radius 3 is 2.02 bits per heavy atom. The number of ether oxygens (including phenoxy) is 3. The van der Waals surface area contributed by atoms with E-state index in [1.165, 1.54) is 95.6 Å². The Bertz CT molecular complexity index is 972. The van der Waals surface area contributed by atoms with E-state index in [1.807, 2.05) is 12.1 Å². The molecule has 5 heteroatoms. The van der Waals surface area contributed by atoms with Crippen molar-refractivity contribution < 1.29 is 23.4 Å². The van der Waals surface area contributed by atoms with E-state index in [0.717, 1.165) is 36.8 Å². The first-order chi connectivity index (χ1) is 19.6. The molecule has 1 aliphatic carbocycles. The van der Waals surface area contributed by atoms with Crippen LogP contribution in [0.3, 0.4) is 0 Å². The third kappa shape index (κ3) is 11.5. The van der Waals surface area contributed by atoms with Crippen molar-refractivity contribution in [2.24, 2.45) is 11.8 Å². The third-order valence-electron chi connectivity index (χ3n) is 8.17. The molecule has 1 aliphatic rings. The van der Waals surface area contributed by atoms with Crippen LogP contribution in [-0.4, -0.2) is 19.2 Å². The molecule has 4 nitrogen and oxygen atoms in total. The van der Waals surface area contributed by atoms with Crippen molar-refractivity contribution in [1.82, 2.24) is 0 Å². The van der Waals surface area contributed by atoms with Gasteiger partial charge in [-0.2, -0.15) is 0 Å². The van der Waals surface area contributed by atoms with Crippen molar-refractivity contribution in [2.45, 2.75) is 117 Å². The number of rotatable bonds is 19. The summed E-state index contributed by atoms with van der Waals surface area (Å²) in [6.45, 7) is 5.69. The summed E-state index contributed by atoms with van der Waals surface area (Å²) in [5.41, 5.74) is 0.154. The van der Waals surface area contributed by atoms with Gasteiger partial charge >= 0.3 is 5.97 Å². The van der Waals surface area contributed by atoms with Gasteiger partial charge in [-0.05, 0) is 73.6 Å². The summed E-state index contributed by atoms with van der Waals surface area (Å²) in [5.74, 6) is 1.92. The predicted molar refractivity (Wildman–Crippen MR) is 161 cm³/mol. The summed E-state index contributed by atoms with van der Waals surface area (Å²) >= 11 is 0. The van der Waals surface area contributed by atoms with Crippen molar-refractivity contribution in [1.29, 1.82) is 0 Å². The Kier molecular flexibility index (Phi) is 15.0. The Balaban J connectivity index is 1.34. The number of benzene rings is 2. The highest BCUT2D eigenvalue weighted by Crippen LogP contribution is 2.36. The molecule has 222 valence electrons. The molecular weight excluding hydrogens is 503 g/mol. The maximum absolute atomic E-state index is 14.5. The monoisotopic (exact) mass is 554 g/mol. The molecule has 40 heavy (non-hydrogen) atoms. The van der Waals surface area contributed by atoms with Gasteiger partial charge in [0.05, 0.1) is 18.8 Å². The molecule has 3 rings (SSSR count). The predicted octanol–water partition coefficient (Wildman–Crippen LogP) is 10.3. The number of hydrogen-bond acceptors (Lipinski definition) is 4. The number of esters is 1. The highest BCUT2D eigenvalue weighted by Gasteiger charge is 2.23. The Labute approximate surface area is 242 Å². The molecule has 2 atom stereocenters. The minimum atomic E-state index is -0.601. The zero-order chi connectivity index (χ0) is 28.4. The second-order valence-electron chi connectivity index (χ2n) is 11.4. The van der Waals surface area contributed by atoms with Gasteiger partial charge in [0.25, 0.3) is 0 Å². The largest absolute Gasteiger partial charge is 0.494 e. The molecule has 1 fully saturated rings. The quantitative estimate of drug-likeness (QED) is 0.0984. The standard InChI is InChI=1S/C35H51FO4/c1-3-5-6-7-8-9-10-13-25-39-34-24-19-30(27-33(34)36)35(37)40-32-22-20-31(21-23-32)38-26-14-18-29-17-12-11-16-28(29)15-4-2/h19-24,27-29H,3-18,25-26H2,1-2H3. The number of hydrogen-bond donors (Lipinski definition) is 0. The number of carbonyl (C=O) groups excluding carboxylic acids is 1. The molecule has 0 aliphatic heterocycles.